The van der Waals surface area contributed by atoms with Crippen LogP contribution in [0.4, 0.5) is 5.69 Å². The molecule has 27 heavy (non-hydrogen) atoms. The fraction of sp³-hybridized carbons (Fsp3) is 0.550. The average molecular weight is 373 g/mol. The van der Waals surface area contributed by atoms with Crippen LogP contribution in [0.2, 0.25) is 0 Å². The van der Waals surface area contributed by atoms with E-state index in [1.807, 2.05) is 0 Å². The fourth-order valence-electron chi connectivity index (χ4n) is 3.69. The zero-order valence-corrected chi connectivity index (χ0v) is 15.9. The molecule has 1 unspecified atom stereocenters. The molecule has 0 spiro atoms. The van der Waals surface area contributed by atoms with E-state index in [-0.39, 0.29) is 30.2 Å². The first-order chi connectivity index (χ1) is 13.0. The Labute approximate surface area is 159 Å². The Kier molecular flexibility index (Phi) is 5.98. The molecule has 1 aromatic rings. The van der Waals surface area contributed by atoms with Gasteiger partial charge in [-0.3, -0.25) is 14.4 Å². The summed E-state index contributed by atoms with van der Waals surface area (Å²) in [5.41, 5.74) is 0.739. The lowest BCUT2D eigenvalue weighted by Crippen LogP contribution is -2.49. The number of nitrogens with zero attached hydrogens (tertiary/aromatic N) is 1. The van der Waals surface area contributed by atoms with Crippen molar-refractivity contribution in [2.24, 2.45) is 5.92 Å². The van der Waals surface area contributed by atoms with E-state index in [2.05, 4.69) is 10.6 Å². The number of rotatable bonds is 6. The first kappa shape index (κ1) is 19.2. The van der Waals surface area contributed by atoms with Crippen LogP contribution >= 0.6 is 0 Å². The van der Waals surface area contributed by atoms with Crippen LogP contribution in [0.1, 0.15) is 39.0 Å². The van der Waals surface area contributed by atoms with Crippen molar-refractivity contribution < 1.29 is 19.1 Å². The molecule has 0 bridgehead atoms. The van der Waals surface area contributed by atoms with E-state index < -0.39 is 12.0 Å². The van der Waals surface area contributed by atoms with E-state index >= 15 is 0 Å². The molecule has 2 fully saturated rings. The van der Waals surface area contributed by atoms with Gasteiger partial charge in [0.1, 0.15) is 11.8 Å². The summed E-state index contributed by atoms with van der Waals surface area (Å²) in [4.78, 5) is 38.7. The Bertz CT molecular complexity index is 698. The largest absolute Gasteiger partial charge is 0.497 e. The number of nitrogens with one attached hydrogen (secondary N) is 2. The second-order valence-corrected chi connectivity index (χ2v) is 7.32. The fourth-order valence-corrected chi connectivity index (χ4v) is 3.69. The van der Waals surface area contributed by atoms with Crippen molar-refractivity contribution in [3.05, 3.63) is 24.3 Å². The molecule has 7 nitrogen and oxygen atoms in total. The van der Waals surface area contributed by atoms with Crippen LogP contribution in [0.25, 0.3) is 0 Å². The van der Waals surface area contributed by atoms with Gasteiger partial charge in [-0.15, -0.1) is 0 Å². The van der Waals surface area contributed by atoms with Crippen molar-refractivity contribution in [3.8, 4) is 5.75 Å². The summed E-state index contributed by atoms with van der Waals surface area (Å²) < 4.78 is 5.13. The van der Waals surface area contributed by atoms with Crippen molar-refractivity contribution in [1.29, 1.82) is 0 Å². The summed E-state index contributed by atoms with van der Waals surface area (Å²) in [5, 5.41) is 5.74. The molecule has 146 valence electrons. The number of amides is 3. The zero-order chi connectivity index (χ0) is 19.4. The third-order valence-electron chi connectivity index (χ3n) is 5.33. The minimum absolute atomic E-state index is 0.0941. The minimum atomic E-state index is -0.608. The predicted octanol–water partition coefficient (Wildman–Crippen LogP) is 1.61. The van der Waals surface area contributed by atoms with Crippen molar-refractivity contribution in [2.75, 3.05) is 18.6 Å². The van der Waals surface area contributed by atoms with Gasteiger partial charge in [0.25, 0.3) is 0 Å². The highest BCUT2D eigenvalue weighted by Gasteiger charge is 2.36. The maximum Gasteiger partial charge on any atom is 0.242 e. The number of ether oxygens (including phenoxy) is 1. The van der Waals surface area contributed by atoms with Crippen molar-refractivity contribution in [1.82, 2.24) is 10.6 Å². The van der Waals surface area contributed by atoms with E-state index in [4.69, 9.17) is 4.74 Å². The molecule has 1 aliphatic carbocycles. The monoisotopic (exact) mass is 373 g/mol. The van der Waals surface area contributed by atoms with Gasteiger partial charge in [-0.2, -0.15) is 0 Å². The average Bonchev–Trinajstić information content (AvgIpc) is 3.31. The molecule has 1 aliphatic heterocycles. The number of hydrogen-bond donors (Lipinski definition) is 2. The van der Waals surface area contributed by atoms with Crippen molar-refractivity contribution in [3.63, 3.8) is 0 Å². The second kappa shape index (κ2) is 8.41. The first-order valence-electron chi connectivity index (χ1n) is 9.53. The summed E-state index contributed by atoms with van der Waals surface area (Å²) in [7, 11) is 1.58. The zero-order valence-electron chi connectivity index (χ0n) is 15.9. The lowest BCUT2D eigenvalue weighted by atomic mass is 10.1. The molecule has 3 amide bonds. The van der Waals surface area contributed by atoms with Gasteiger partial charge < -0.3 is 20.3 Å². The highest BCUT2D eigenvalue weighted by molar-refractivity contribution is 6.01. The molecule has 0 radical (unpaired) electrons. The Morgan fingerprint density at radius 2 is 1.85 bits per heavy atom. The summed E-state index contributed by atoms with van der Waals surface area (Å²) in [6.45, 7) is 1.99. The lowest BCUT2D eigenvalue weighted by Gasteiger charge is -2.20. The lowest BCUT2D eigenvalue weighted by molar-refractivity contribution is -0.131. The van der Waals surface area contributed by atoms with Crippen LogP contribution in [0.3, 0.4) is 0 Å². The van der Waals surface area contributed by atoms with Crippen LogP contribution in [0, 0.1) is 5.92 Å². The third-order valence-corrected chi connectivity index (χ3v) is 5.33. The Balaban J connectivity index is 1.54. The van der Waals surface area contributed by atoms with E-state index in [9.17, 15) is 14.4 Å². The van der Waals surface area contributed by atoms with Gasteiger partial charge in [-0.1, -0.05) is 12.8 Å². The van der Waals surface area contributed by atoms with Gasteiger partial charge in [-0.25, -0.2) is 0 Å². The number of methoxy groups -OCH3 is 1. The van der Waals surface area contributed by atoms with E-state index in [0.29, 0.717) is 12.3 Å². The quantitative estimate of drug-likeness (QED) is 0.793. The van der Waals surface area contributed by atoms with Crippen LogP contribution < -0.4 is 20.3 Å². The number of carbonyl (C=O) groups excluding carboxylic acids is 3. The molecule has 1 heterocycles. The molecule has 0 aromatic heterocycles. The van der Waals surface area contributed by atoms with Gasteiger partial charge in [-0.05, 0) is 44.0 Å². The van der Waals surface area contributed by atoms with E-state index in [1.165, 1.54) is 0 Å². The highest BCUT2D eigenvalue weighted by Crippen LogP contribution is 2.27. The summed E-state index contributed by atoms with van der Waals surface area (Å²) in [6.07, 6.45) is 4.42. The van der Waals surface area contributed by atoms with Gasteiger partial charge in [0.15, 0.2) is 0 Å². The molecule has 7 heteroatoms. The van der Waals surface area contributed by atoms with E-state index in [0.717, 1.165) is 31.4 Å². The van der Waals surface area contributed by atoms with E-state index in [1.54, 1.807) is 43.2 Å². The summed E-state index contributed by atoms with van der Waals surface area (Å²) in [6, 6.07) is 6.78. The molecule has 1 aromatic carbocycles. The molecular weight excluding hydrogens is 346 g/mol. The Morgan fingerprint density at radius 3 is 2.48 bits per heavy atom. The molecule has 2 N–H and O–H groups in total. The number of carbonyl (C=O) groups is 3. The number of hydrogen-bond acceptors (Lipinski definition) is 4. The second-order valence-electron chi connectivity index (χ2n) is 7.32. The van der Waals surface area contributed by atoms with Crippen LogP contribution in [0.15, 0.2) is 24.3 Å². The topological polar surface area (TPSA) is 87.7 Å². The molecule has 1 saturated heterocycles. The molecule has 2 aliphatic rings. The molecule has 2 atom stereocenters. The summed E-state index contributed by atoms with van der Waals surface area (Å²) >= 11 is 0. The van der Waals surface area contributed by atoms with Crippen LogP contribution in [0.5, 0.6) is 5.75 Å². The normalized spacial score (nSPS) is 21.2. The Morgan fingerprint density at radius 1 is 1.19 bits per heavy atom. The molecule has 3 rings (SSSR count). The predicted molar refractivity (Wildman–Crippen MR) is 101 cm³/mol. The highest BCUT2D eigenvalue weighted by atomic mass is 16.5. The smallest absolute Gasteiger partial charge is 0.242 e. The maximum absolute atomic E-state index is 12.5. The van der Waals surface area contributed by atoms with Crippen LogP contribution in [-0.2, 0) is 14.4 Å². The van der Waals surface area contributed by atoms with Crippen molar-refractivity contribution in [2.45, 2.75) is 51.1 Å². The van der Waals surface area contributed by atoms with Gasteiger partial charge in [0.05, 0.1) is 13.0 Å². The number of benzene rings is 1. The first-order valence-corrected chi connectivity index (χ1v) is 9.53. The maximum atomic E-state index is 12.5. The van der Waals surface area contributed by atoms with Gasteiger partial charge in [0.2, 0.25) is 17.7 Å². The molecule has 1 saturated carbocycles. The SMILES string of the molecule is COc1ccc(N2CC(C(=O)N[C@@H](C)C(=O)NC3CCCC3)CC2=O)cc1. The van der Waals surface area contributed by atoms with Crippen molar-refractivity contribution >= 4 is 23.4 Å². The Hall–Kier alpha value is -2.57. The van der Waals surface area contributed by atoms with Crippen LogP contribution in [-0.4, -0.2) is 43.5 Å². The standard InChI is InChI=1S/C20H27N3O4/c1-13(19(25)22-15-5-3-4-6-15)21-20(26)14-11-18(24)23(12-14)16-7-9-17(27-2)10-8-16/h7-10,13-15H,3-6,11-12H2,1-2H3,(H,21,26)(H,22,25)/t13-,14?/m0/s1. The molecular formula is C20H27N3O4. The minimum Gasteiger partial charge on any atom is -0.497 e. The summed E-state index contributed by atoms with van der Waals surface area (Å²) in [5.74, 6) is -0.258. The van der Waals surface area contributed by atoms with Gasteiger partial charge >= 0.3 is 0 Å². The third kappa shape index (κ3) is 4.59. The number of anilines is 1. The van der Waals surface area contributed by atoms with Gasteiger partial charge in [0, 0.05) is 24.7 Å².